The number of carboxylic acids is 1. The van der Waals surface area contributed by atoms with Gasteiger partial charge in [0, 0.05) is 12.1 Å². The number of carbonyl (C=O) groups is 1. The normalized spacial score (nSPS) is 10.6. The largest absolute Gasteiger partial charge is 0.478 e. The Morgan fingerprint density at radius 2 is 2.21 bits per heavy atom. The molecule has 2 heterocycles. The first-order valence-electron chi connectivity index (χ1n) is 3.94. The molecule has 5 nitrogen and oxygen atoms in total. The predicted molar refractivity (Wildman–Crippen MR) is 48.5 cm³/mol. The number of fused-ring (bicyclic) bond motifs is 1. The first kappa shape index (κ1) is 8.55. The van der Waals surface area contributed by atoms with Gasteiger partial charge in [-0.1, -0.05) is 0 Å². The Labute approximate surface area is 78.0 Å². The highest BCUT2D eigenvalue weighted by atomic mass is 16.4. The number of aromatic carboxylic acids is 1. The van der Waals surface area contributed by atoms with E-state index in [-0.39, 0.29) is 11.1 Å². The second-order valence-corrected chi connectivity index (χ2v) is 2.95. The van der Waals surface area contributed by atoms with E-state index in [1.165, 1.54) is 0 Å². The van der Waals surface area contributed by atoms with Gasteiger partial charge in [0.25, 0.3) is 0 Å². The standard InChI is InChI=1S/C9H7NO4/c1-4-2-6-8(14-4)5(9(12)13)3-7(11)10-6/h2-3H,1H3,(H,10,11)(H,12,13). The summed E-state index contributed by atoms with van der Waals surface area (Å²) in [7, 11) is 0. The van der Waals surface area contributed by atoms with Crippen molar-refractivity contribution in [3.63, 3.8) is 0 Å². The van der Waals surface area contributed by atoms with E-state index in [2.05, 4.69) is 4.98 Å². The Morgan fingerprint density at radius 1 is 1.50 bits per heavy atom. The monoisotopic (exact) mass is 193 g/mol. The van der Waals surface area contributed by atoms with Crippen molar-refractivity contribution in [2.45, 2.75) is 6.92 Å². The predicted octanol–water partition coefficient (Wildman–Crippen LogP) is 1.13. The van der Waals surface area contributed by atoms with Crippen LogP contribution in [0.3, 0.4) is 0 Å². The fourth-order valence-electron chi connectivity index (χ4n) is 1.33. The molecule has 0 atom stereocenters. The third-order valence-corrected chi connectivity index (χ3v) is 1.86. The van der Waals surface area contributed by atoms with Crippen molar-refractivity contribution in [1.82, 2.24) is 4.98 Å². The second-order valence-electron chi connectivity index (χ2n) is 2.95. The lowest BCUT2D eigenvalue weighted by Crippen LogP contribution is -2.08. The molecule has 0 unspecified atom stereocenters. The molecule has 0 aliphatic carbocycles. The van der Waals surface area contributed by atoms with Crippen LogP contribution in [0.4, 0.5) is 0 Å². The molecular formula is C9H7NO4. The van der Waals surface area contributed by atoms with E-state index in [9.17, 15) is 9.59 Å². The topological polar surface area (TPSA) is 83.3 Å². The van der Waals surface area contributed by atoms with Crippen molar-refractivity contribution in [1.29, 1.82) is 0 Å². The maximum Gasteiger partial charge on any atom is 0.339 e. The average Bonchev–Trinajstić information content (AvgIpc) is 2.42. The van der Waals surface area contributed by atoms with Crippen molar-refractivity contribution in [3.8, 4) is 0 Å². The molecule has 14 heavy (non-hydrogen) atoms. The van der Waals surface area contributed by atoms with Crippen molar-refractivity contribution in [3.05, 3.63) is 33.8 Å². The van der Waals surface area contributed by atoms with Gasteiger partial charge in [-0.05, 0) is 6.92 Å². The number of nitrogens with one attached hydrogen (secondary N) is 1. The Hall–Kier alpha value is -2.04. The van der Waals surface area contributed by atoms with Gasteiger partial charge in [-0.3, -0.25) is 4.79 Å². The SMILES string of the molecule is Cc1cc2[nH]c(=O)cc(C(=O)O)c2o1. The van der Waals surface area contributed by atoms with E-state index in [0.29, 0.717) is 11.3 Å². The average molecular weight is 193 g/mol. The van der Waals surface area contributed by atoms with Gasteiger partial charge in [0.05, 0.1) is 5.52 Å². The summed E-state index contributed by atoms with van der Waals surface area (Å²) >= 11 is 0. The molecule has 2 rings (SSSR count). The van der Waals surface area contributed by atoms with Crippen molar-refractivity contribution >= 4 is 17.1 Å². The van der Waals surface area contributed by atoms with E-state index in [4.69, 9.17) is 9.52 Å². The van der Waals surface area contributed by atoms with E-state index < -0.39 is 11.5 Å². The summed E-state index contributed by atoms with van der Waals surface area (Å²) in [5.74, 6) is -0.611. The van der Waals surface area contributed by atoms with Crippen LogP contribution in [0.15, 0.2) is 21.3 Å². The molecule has 2 aromatic rings. The number of furan rings is 1. The summed E-state index contributed by atoms with van der Waals surface area (Å²) in [6, 6.07) is 2.59. The number of H-pyrrole nitrogens is 1. The number of aromatic nitrogens is 1. The Bertz CT molecular complexity index is 564. The van der Waals surface area contributed by atoms with Gasteiger partial charge in [-0.2, -0.15) is 0 Å². The summed E-state index contributed by atoms with van der Waals surface area (Å²) in [4.78, 5) is 24.3. The Morgan fingerprint density at radius 3 is 2.86 bits per heavy atom. The Kier molecular flexibility index (Phi) is 1.67. The zero-order chi connectivity index (χ0) is 10.3. The van der Waals surface area contributed by atoms with Crippen molar-refractivity contribution in [2.24, 2.45) is 0 Å². The van der Waals surface area contributed by atoms with Crippen LogP contribution in [0, 0.1) is 6.92 Å². The van der Waals surface area contributed by atoms with Gasteiger partial charge < -0.3 is 14.5 Å². The molecule has 0 saturated heterocycles. The van der Waals surface area contributed by atoms with Gasteiger partial charge in [-0.25, -0.2) is 4.79 Å². The molecule has 0 aliphatic heterocycles. The van der Waals surface area contributed by atoms with Crippen LogP contribution in [-0.2, 0) is 0 Å². The minimum atomic E-state index is -1.17. The van der Waals surface area contributed by atoms with Crippen LogP contribution in [0.25, 0.3) is 11.1 Å². The third kappa shape index (κ3) is 1.19. The van der Waals surface area contributed by atoms with E-state index >= 15 is 0 Å². The minimum absolute atomic E-state index is 0.114. The maximum atomic E-state index is 11.1. The smallest absolute Gasteiger partial charge is 0.339 e. The molecule has 2 aromatic heterocycles. The number of aromatic amines is 1. The molecule has 0 bridgehead atoms. The highest BCUT2D eigenvalue weighted by Gasteiger charge is 2.13. The van der Waals surface area contributed by atoms with Gasteiger partial charge in [0.1, 0.15) is 11.3 Å². The maximum absolute atomic E-state index is 11.1. The summed E-state index contributed by atoms with van der Waals surface area (Å²) in [6.45, 7) is 1.68. The zero-order valence-corrected chi connectivity index (χ0v) is 7.33. The van der Waals surface area contributed by atoms with E-state index in [1.54, 1.807) is 13.0 Å². The summed E-state index contributed by atoms with van der Waals surface area (Å²) < 4.78 is 5.16. The lowest BCUT2D eigenvalue weighted by atomic mass is 10.2. The number of hydrogen-bond donors (Lipinski definition) is 2. The molecular weight excluding hydrogens is 186 g/mol. The minimum Gasteiger partial charge on any atom is -0.478 e. The lowest BCUT2D eigenvalue weighted by molar-refractivity contribution is 0.0697. The molecule has 0 amide bonds. The van der Waals surface area contributed by atoms with Crippen LogP contribution in [0.1, 0.15) is 16.1 Å². The fraction of sp³-hybridized carbons (Fsp3) is 0.111. The van der Waals surface area contributed by atoms with Crippen LogP contribution in [0.5, 0.6) is 0 Å². The summed E-state index contributed by atoms with van der Waals surface area (Å²) in [6.07, 6.45) is 0. The quantitative estimate of drug-likeness (QED) is 0.711. The number of carboxylic acid groups (broad SMARTS) is 1. The number of hydrogen-bond acceptors (Lipinski definition) is 3. The molecule has 0 spiro atoms. The number of rotatable bonds is 1. The first-order valence-corrected chi connectivity index (χ1v) is 3.94. The highest BCUT2D eigenvalue weighted by Crippen LogP contribution is 2.18. The van der Waals surface area contributed by atoms with E-state index in [1.807, 2.05) is 0 Å². The Balaban J connectivity index is 2.93. The lowest BCUT2D eigenvalue weighted by Gasteiger charge is -1.93. The molecule has 0 aliphatic rings. The molecule has 72 valence electrons. The van der Waals surface area contributed by atoms with Gasteiger partial charge in [0.2, 0.25) is 5.56 Å². The number of pyridine rings is 1. The molecule has 0 radical (unpaired) electrons. The van der Waals surface area contributed by atoms with Gasteiger partial charge >= 0.3 is 5.97 Å². The molecule has 0 aromatic carbocycles. The molecule has 0 saturated carbocycles. The first-order chi connectivity index (χ1) is 6.58. The van der Waals surface area contributed by atoms with Crippen LogP contribution >= 0.6 is 0 Å². The molecule has 2 N–H and O–H groups in total. The second kappa shape index (κ2) is 2.73. The van der Waals surface area contributed by atoms with Gasteiger partial charge in [-0.15, -0.1) is 0 Å². The van der Waals surface area contributed by atoms with Gasteiger partial charge in [0.15, 0.2) is 5.58 Å². The summed E-state index contributed by atoms with van der Waals surface area (Å²) in [5.41, 5.74) is 0.0505. The summed E-state index contributed by atoms with van der Waals surface area (Å²) in [5, 5.41) is 8.80. The van der Waals surface area contributed by atoms with Crippen LogP contribution < -0.4 is 5.56 Å². The molecule has 5 heteroatoms. The fourth-order valence-corrected chi connectivity index (χ4v) is 1.33. The number of aryl methyl sites for hydroxylation is 1. The highest BCUT2D eigenvalue weighted by molar-refractivity contribution is 5.99. The molecule has 0 fully saturated rings. The van der Waals surface area contributed by atoms with Crippen molar-refractivity contribution < 1.29 is 14.3 Å². The van der Waals surface area contributed by atoms with E-state index in [0.717, 1.165) is 6.07 Å². The third-order valence-electron chi connectivity index (χ3n) is 1.86. The zero-order valence-electron chi connectivity index (χ0n) is 7.33. The van der Waals surface area contributed by atoms with Crippen LogP contribution in [-0.4, -0.2) is 16.1 Å². The van der Waals surface area contributed by atoms with Crippen molar-refractivity contribution in [2.75, 3.05) is 0 Å². The van der Waals surface area contributed by atoms with Crippen LogP contribution in [0.2, 0.25) is 0 Å².